The Morgan fingerprint density at radius 1 is 0.656 bits per heavy atom. The van der Waals surface area contributed by atoms with Crippen LogP contribution in [0.15, 0.2) is 78.9 Å². The van der Waals surface area contributed by atoms with Crippen molar-refractivity contribution in [3.05, 3.63) is 84.4 Å². The maximum atomic E-state index is 6.39. The van der Waals surface area contributed by atoms with E-state index in [1.165, 1.54) is 22.8 Å². The zero-order chi connectivity index (χ0) is 22.7. The van der Waals surface area contributed by atoms with E-state index in [1.807, 2.05) is 6.92 Å². The molecule has 2 nitrogen and oxygen atoms in total. The highest BCUT2D eigenvalue weighted by Crippen LogP contribution is 2.36. The van der Waals surface area contributed by atoms with Gasteiger partial charge in [-0.15, -0.1) is 0 Å². The van der Waals surface area contributed by atoms with Crippen molar-refractivity contribution in [2.45, 2.75) is 53.2 Å². The lowest BCUT2D eigenvalue weighted by molar-refractivity contribution is 0.0247. The Hall–Kier alpha value is -3.00. The number of ether oxygens (including phenoxy) is 2. The predicted molar refractivity (Wildman–Crippen MR) is 136 cm³/mol. The molecule has 0 bridgehead atoms. The van der Waals surface area contributed by atoms with Crippen molar-refractivity contribution >= 4 is 21.5 Å². The van der Waals surface area contributed by atoms with Gasteiger partial charge in [-0.05, 0) is 58.7 Å². The molecule has 0 aliphatic rings. The van der Waals surface area contributed by atoms with Crippen molar-refractivity contribution in [3.63, 3.8) is 0 Å². The molecule has 0 aliphatic heterocycles. The first kappa shape index (κ1) is 22.2. The summed E-state index contributed by atoms with van der Waals surface area (Å²) in [7, 11) is 0. The summed E-state index contributed by atoms with van der Waals surface area (Å²) < 4.78 is 12.6. The molecule has 0 amide bonds. The van der Waals surface area contributed by atoms with Crippen LogP contribution in [0.4, 0.5) is 0 Å². The van der Waals surface area contributed by atoms with Crippen LogP contribution < -0.4 is 9.47 Å². The van der Waals surface area contributed by atoms with Gasteiger partial charge in [-0.2, -0.15) is 0 Å². The highest BCUT2D eigenvalue weighted by Gasteiger charge is 2.18. The van der Waals surface area contributed by atoms with Gasteiger partial charge < -0.3 is 9.47 Å². The quantitative estimate of drug-likeness (QED) is 0.207. The molecule has 0 heterocycles. The molecular formula is C30H34O2. The van der Waals surface area contributed by atoms with Crippen molar-refractivity contribution in [2.75, 3.05) is 0 Å². The Morgan fingerprint density at radius 3 is 1.75 bits per heavy atom. The molecule has 0 saturated carbocycles. The van der Waals surface area contributed by atoms with E-state index >= 15 is 0 Å². The molecule has 0 fully saturated rings. The predicted octanol–water partition coefficient (Wildman–Crippen LogP) is 8.58. The Balaban J connectivity index is 1.55. The summed E-state index contributed by atoms with van der Waals surface area (Å²) in [6, 6.07) is 27.5. The molecule has 4 aromatic rings. The molecule has 2 atom stereocenters. The van der Waals surface area contributed by atoms with E-state index in [1.54, 1.807) is 0 Å². The second-order valence-electron chi connectivity index (χ2n) is 9.50. The van der Waals surface area contributed by atoms with Crippen LogP contribution in [-0.2, 0) is 0 Å². The van der Waals surface area contributed by atoms with Crippen LogP contribution in [0, 0.1) is 11.8 Å². The lowest BCUT2D eigenvalue weighted by Crippen LogP contribution is -2.20. The molecule has 0 saturated heterocycles. The van der Waals surface area contributed by atoms with Crippen molar-refractivity contribution < 1.29 is 9.47 Å². The minimum atomic E-state index is -0.411. The first-order chi connectivity index (χ1) is 15.4. The summed E-state index contributed by atoms with van der Waals surface area (Å²) >= 11 is 0. The summed E-state index contributed by atoms with van der Waals surface area (Å²) in [6.45, 7) is 11.2. The van der Waals surface area contributed by atoms with Gasteiger partial charge in [0.2, 0.25) is 6.29 Å². The molecule has 2 unspecified atom stereocenters. The summed E-state index contributed by atoms with van der Waals surface area (Å²) in [5.74, 6) is 3.57. The zero-order valence-electron chi connectivity index (χ0n) is 19.8. The fraction of sp³-hybridized carbons (Fsp3) is 0.333. The van der Waals surface area contributed by atoms with E-state index in [9.17, 15) is 0 Å². The third kappa shape index (κ3) is 4.91. The molecule has 0 spiro atoms. The first-order valence-corrected chi connectivity index (χ1v) is 11.8. The second kappa shape index (κ2) is 9.65. The average molecular weight is 427 g/mol. The first-order valence-electron chi connectivity index (χ1n) is 11.8. The number of benzene rings is 4. The van der Waals surface area contributed by atoms with Gasteiger partial charge in [0.05, 0.1) is 0 Å². The van der Waals surface area contributed by atoms with Gasteiger partial charge in [0.1, 0.15) is 11.5 Å². The minimum absolute atomic E-state index is 0.411. The molecule has 0 radical (unpaired) electrons. The maximum Gasteiger partial charge on any atom is 0.238 e. The van der Waals surface area contributed by atoms with Crippen LogP contribution in [-0.4, -0.2) is 6.29 Å². The Morgan fingerprint density at radius 2 is 1.22 bits per heavy atom. The number of rotatable bonds is 8. The van der Waals surface area contributed by atoms with Gasteiger partial charge in [0, 0.05) is 17.7 Å². The van der Waals surface area contributed by atoms with Crippen LogP contribution in [0.5, 0.6) is 11.5 Å². The van der Waals surface area contributed by atoms with Gasteiger partial charge in [0.25, 0.3) is 0 Å². The van der Waals surface area contributed by atoms with Crippen LogP contribution in [0.1, 0.15) is 52.5 Å². The van der Waals surface area contributed by atoms with Gasteiger partial charge in [-0.25, -0.2) is 0 Å². The summed E-state index contributed by atoms with van der Waals surface area (Å²) in [6.07, 6.45) is 0.789. The molecule has 4 rings (SSSR count). The summed E-state index contributed by atoms with van der Waals surface area (Å²) in [4.78, 5) is 0. The van der Waals surface area contributed by atoms with Gasteiger partial charge in [-0.1, -0.05) is 88.4 Å². The molecular weight excluding hydrogens is 392 g/mol. The van der Waals surface area contributed by atoms with E-state index in [-0.39, 0.29) is 0 Å². The fourth-order valence-electron chi connectivity index (χ4n) is 4.58. The third-order valence-corrected chi connectivity index (χ3v) is 6.15. The highest BCUT2D eigenvalue weighted by atomic mass is 16.7. The molecule has 0 aliphatic carbocycles. The van der Waals surface area contributed by atoms with E-state index in [0.29, 0.717) is 17.8 Å². The highest BCUT2D eigenvalue weighted by molar-refractivity contribution is 6.05. The largest absolute Gasteiger partial charge is 0.455 e. The smallest absolute Gasteiger partial charge is 0.238 e. The van der Waals surface area contributed by atoms with Crippen LogP contribution in [0.25, 0.3) is 21.5 Å². The molecule has 0 N–H and O–H groups in total. The van der Waals surface area contributed by atoms with Crippen molar-refractivity contribution in [2.24, 2.45) is 11.8 Å². The molecule has 166 valence electrons. The fourth-order valence-corrected chi connectivity index (χ4v) is 4.58. The average Bonchev–Trinajstić information content (AvgIpc) is 2.77. The van der Waals surface area contributed by atoms with Gasteiger partial charge in [0.15, 0.2) is 0 Å². The lowest BCUT2D eigenvalue weighted by atomic mass is 9.82. The number of fused-ring (bicyclic) bond motifs is 2. The second-order valence-corrected chi connectivity index (χ2v) is 9.50. The van der Waals surface area contributed by atoms with Crippen molar-refractivity contribution in [1.82, 2.24) is 0 Å². The Kier molecular flexibility index (Phi) is 6.69. The van der Waals surface area contributed by atoms with E-state index in [0.717, 1.165) is 22.3 Å². The molecule has 0 aromatic heterocycles. The van der Waals surface area contributed by atoms with Crippen LogP contribution in [0.2, 0.25) is 0 Å². The summed E-state index contributed by atoms with van der Waals surface area (Å²) in [5.41, 5.74) is 1.38. The lowest BCUT2D eigenvalue weighted by Gasteiger charge is -2.24. The molecule has 32 heavy (non-hydrogen) atoms. The van der Waals surface area contributed by atoms with E-state index in [4.69, 9.17) is 9.47 Å². The topological polar surface area (TPSA) is 18.5 Å². The monoisotopic (exact) mass is 426 g/mol. The number of hydrogen-bond acceptors (Lipinski definition) is 2. The van der Waals surface area contributed by atoms with Crippen molar-refractivity contribution in [3.8, 4) is 11.5 Å². The van der Waals surface area contributed by atoms with Gasteiger partial charge >= 0.3 is 0 Å². The zero-order valence-corrected chi connectivity index (χ0v) is 19.8. The SMILES string of the molecule is CC(C)CC(c1ccc(OC(C)Oc2c3ccccc3cc3ccccc23)cc1)C(C)C. The van der Waals surface area contributed by atoms with Crippen molar-refractivity contribution in [1.29, 1.82) is 0 Å². The van der Waals surface area contributed by atoms with Gasteiger partial charge in [-0.3, -0.25) is 0 Å². The maximum absolute atomic E-state index is 6.39. The minimum Gasteiger partial charge on any atom is -0.455 e. The summed E-state index contributed by atoms with van der Waals surface area (Å²) in [5, 5.41) is 4.54. The standard InChI is InChI=1S/C30H34O2/c1-20(2)18-29(21(3)4)23-14-16-26(17-15-23)31-22(5)32-30-27-12-8-6-10-24(27)19-25-11-7-9-13-28(25)30/h6-17,19-22,29H,18H2,1-5H3. The Labute approximate surface area is 192 Å². The van der Waals surface area contributed by atoms with Crippen LogP contribution >= 0.6 is 0 Å². The molecule has 2 heteroatoms. The number of hydrogen-bond donors (Lipinski definition) is 0. The normalized spacial score (nSPS) is 13.6. The Bertz CT molecular complexity index is 1120. The van der Waals surface area contributed by atoms with E-state index < -0.39 is 6.29 Å². The van der Waals surface area contributed by atoms with Crippen LogP contribution in [0.3, 0.4) is 0 Å². The van der Waals surface area contributed by atoms with E-state index in [2.05, 4.69) is 107 Å². The third-order valence-electron chi connectivity index (χ3n) is 6.15. The molecule has 4 aromatic carbocycles.